The molecule has 5 heteroatoms. The van der Waals surface area contributed by atoms with E-state index in [1.165, 1.54) is 0 Å². The molecule has 0 amide bonds. The smallest absolute Gasteiger partial charge is 0.328 e. The summed E-state index contributed by atoms with van der Waals surface area (Å²) in [5, 5.41) is 10.3. The third-order valence-electron chi connectivity index (χ3n) is 5.76. The molecule has 2 N–H and O–H groups in total. The van der Waals surface area contributed by atoms with E-state index in [9.17, 15) is 9.90 Å². The highest BCUT2D eigenvalue weighted by Crippen LogP contribution is 2.44. The number of fused-ring (bicyclic) bond motifs is 1. The van der Waals surface area contributed by atoms with Crippen molar-refractivity contribution < 1.29 is 19.5 Å². The summed E-state index contributed by atoms with van der Waals surface area (Å²) in [7, 11) is 0. The summed E-state index contributed by atoms with van der Waals surface area (Å²) in [5.41, 5.74) is 6.87. The van der Waals surface area contributed by atoms with Crippen molar-refractivity contribution in [3.05, 3.63) is 58.1 Å². The summed E-state index contributed by atoms with van der Waals surface area (Å²) in [4.78, 5) is 17.7. The molecule has 2 atom stereocenters. The minimum atomic E-state index is -0.637. The second-order valence-electron chi connectivity index (χ2n) is 7.98. The van der Waals surface area contributed by atoms with Crippen LogP contribution in [0.4, 0.5) is 0 Å². The third kappa shape index (κ3) is 3.99. The molecule has 28 heavy (non-hydrogen) atoms. The zero-order valence-electron chi connectivity index (χ0n) is 17.3. The normalized spacial score (nSPS) is 19.5. The SMILES string of the molecule is Cc1c(C)c2c(c(C)c1O)CCC(C)(CC(=O)ON[C@H](C)c1ccccc1)O2. The molecule has 150 valence electrons. The Balaban J connectivity index is 1.66. The molecule has 0 spiro atoms. The fourth-order valence-electron chi connectivity index (χ4n) is 3.72. The van der Waals surface area contributed by atoms with E-state index in [-0.39, 0.29) is 18.4 Å². The number of carbonyl (C=O) groups is 1. The molecule has 5 nitrogen and oxygen atoms in total. The Morgan fingerprint density at radius 3 is 2.57 bits per heavy atom. The molecule has 0 bridgehead atoms. The predicted octanol–water partition coefficient (Wildman–Crippen LogP) is 4.60. The number of phenols is 1. The lowest BCUT2D eigenvalue weighted by atomic mass is 9.85. The van der Waals surface area contributed by atoms with Gasteiger partial charge in [-0.15, -0.1) is 5.48 Å². The summed E-state index contributed by atoms with van der Waals surface area (Å²) in [5.74, 6) is 0.778. The maximum atomic E-state index is 12.4. The molecule has 1 aliphatic heterocycles. The van der Waals surface area contributed by atoms with Crippen LogP contribution >= 0.6 is 0 Å². The number of ether oxygens (including phenoxy) is 1. The summed E-state index contributed by atoms with van der Waals surface area (Å²) < 4.78 is 6.29. The second-order valence-corrected chi connectivity index (χ2v) is 7.98. The first kappa shape index (κ1) is 20.2. The number of benzene rings is 2. The lowest BCUT2D eigenvalue weighted by molar-refractivity contribution is -0.157. The van der Waals surface area contributed by atoms with Crippen LogP contribution in [0.5, 0.6) is 11.5 Å². The van der Waals surface area contributed by atoms with Crippen LogP contribution in [0, 0.1) is 20.8 Å². The van der Waals surface area contributed by atoms with Crippen molar-refractivity contribution >= 4 is 5.97 Å². The summed E-state index contributed by atoms with van der Waals surface area (Å²) in [6.07, 6.45) is 1.60. The number of rotatable bonds is 5. The van der Waals surface area contributed by atoms with Crippen LogP contribution in [0.15, 0.2) is 30.3 Å². The molecule has 0 aromatic heterocycles. The molecule has 0 fully saturated rings. The Kier molecular flexibility index (Phi) is 5.66. The van der Waals surface area contributed by atoms with Crippen molar-refractivity contribution in [2.24, 2.45) is 0 Å². The Morgan fingerprint density at radius 2 is 1.89 bits per heavy atom. The molecule has 0 aliphatic carbocycles. The first-order chi connectivity index (χ1) is 13.2. The predicted molar refractivity (Wildman–Crippen MR) is 108 cm³/mol. The van der Waals surface area contributed by atoms with Gasteiger partial charge in [-0.25, -0.2) is 0 Å². The average Bonchev–Trinajstić information content (AvgIpc) is 2.69. The molecule has 0 saturated heterocycles. The summed E-state index contributed by atoms with van der Waals surface area (Å²) in [6.45, 7) is 9.63. The van der Waals surface area contributed by atoms with Gasteiger partial charge in [0.1, 0.15) is 17.1 Å². The summed E-state index contributed by atoms with van der Waals surface area (Å²) >= 11 is 0. The lowest BCUT2D eigenvalue weighted by Crippen LogP contribution is -2.40. The topological polar surface area (TPSA) is 67.8 Å². The van der Waals surface area contributed by atoms with E-state index in [1.807, 2.05) is 65.0 Å². The van der Waals surface area contributed by atoms with Gasteiger partial charge < -0.3 is 14.7 Å². The Morgan fingerprint density at radius 1 is 1.21 bits per heavy atom. The maximum Gasteiger partial charge on any atom is 0.328 e. The van der Waals surface area contributed by atoms with Gasteiger partial charge >= 0.3 is 5.97 Å². The molecule has 1 aliphatic rings. The van der Waals surface area contributed by atoms with E-state index in [4.69, 9.17) is 9.57 Å². The molecule has 1 unspecified atom stereocenters. The van der Waals surface area contributed by atoms with Crippen LogP contribution in [0.2, 0.25) is 0 Å². The highest BCUT2D eigenvalue weighted by atomic mass is 16.7. The van der Waals surface area contributed by atoms with Crippen molar-refractivity contribution in [1.29, 1.82) is 0 Å². The van der Waals surface area contributed by atoms with Crippen molar-refractivity contribution in [1.82, 2.24) is 5.48 Å². The quantitative estimate of drug-likeness (QED) is 0.739. The van der Waals surface area contributed by atoms with Crippen LogP contribution in [0.3, 0.4) is 0 Å². The van der Waals surface area contributed by atoms with E-state index < -0.39 is 5.60 Å². The first-order valence-electron chi connectivity index (χ1n) is 9.72. The van der Waals surface area contributed by atoms with Crippen molar-refractivity contribution in [3.63, 3.8) is 0 Å². The number of hydrogen-bond acceptors (Lipinski definition) is 5. The Bertz CT molecular complexity index is 878. The zero-order valence-corrected chi connectivity index (χ0v) is 17.3. The first-order valence-corrected chi connectivity index (χ1v) is 9.72. The number of hydrogen-bond donors (Lipinski definition) is 2. The van der Waals surface area contributed by atoms with Crippen LogP contribution in [0.1, 0.15) is 60.5 Å². The van der Waals surface area contributed by atoms with E-state index in [0.29, 0.717) is 12.2 Å². The van der Waals surface area contributed by atoms with Crippen LogP contribution in [-0.2, 0) is 16.1 Å². The third-order valence-corrected chi connectivity index (χ3v) is 5.76. The van der Waals surface area contributed by atoms with Crippen LogP contribution in [0.25, 0.3) is 0 Å². The number of phenolic OH excluding ortho intramolecular Hbond substituents is 1. The molecule has 3 rings (SSSR count). The van der Waals surface area contributed by atoms with Gasteiger partial charge in [-0.1, -0.05) is 30.3 Å². The highest BCUT2D eigenvalue weighted by molar-refractivity contribution is 5.71. The largest absolute Gasteiger partial charge is 0.507 e. The number of hydroxylamine groups is 1. The van der Waals surface area contributed by atoms with E-state index in [2.05, 4.69) is 5.48 Å². The van der Waals surface area contributed by atoms with Crippen molar-refractivity contribution in [3.8, 4) is 11.5 Å². The number of carbonyl (C=O) groups excluding carboxylic acids is 1. The standard InChI is InChI=1S/C23H29NO4/c1-14-15(2)22-19(16(3)21(14)26)11-12-23(5,27-22)13-20(25)28-24-17(4)18-9-7-6-8-10-18/h6-10,17,24,26H,11-13H2,1-5H3/t17-,23?/m1/s1. The minimum Gasteiger partial charge on any atom is -0.507 e. The Hall–Kier alpha value is -2.53. The van der Waals surface area contributed by atoms with Crippen LogP contribution < -0.4 is 10.2 Å². The number of nitrogens with one attached hydrogen (secondary N) is 1. The van der Waals surface area contributed by atoms with Gasteiger partial charge in [0.25, 0.3) is 0 Å². The number of aromatic hydroxyl groups is 1. The van der Waals surface area contributed by atoms with Gasteiger partial charge in [0.15, 0.2) is 0 Å². The van der Waals surface area contributed by atoms with Gasteiger partial charge in [-0.05, 0) is 69.7 Å². The fraction of sp³-hybridized carbons (Fsp3) is 0.435. The molecular formula is C23H29NO4. The molecule has 0 saturated carbocycles. The van der Waals surface area contributed by atoms with E-state index >= 15 is 0 Å². The van der Waals surface area contributed by atoms with Gasteiger partial charge in [-0.2, -0.15) is 0 Å². The van der Waals surface area contributed by atoms with Gasteiger partial charge in [0, 0.05) is 5.56 Å². The zero-order chi connectivity index (χ0) is 20.5. The van der Waals surface area contributed by atoms with Crippen molar-refractivity contribution in [2.45, 2.75) is 65.5 Å². The molecule has 2 aromatic carbocycles. The molecule has 2 aromatic rings. The van der Waals surface area contributed by atoms with Gasteiger partial charge in [0.2, 0.25) is 0 Å². The lowest BCUT2D eigenvalue weighted by Gasteiger charge is -2.37. The monoisotopic (exact) mass is 383 g/mol. The maximum absolute atomic E-state index is 12.4. The molecule has 0 radical (unpaired) electrons. The average molecular weight is 383 g/mol. The second kappa shape index (κ2) is 7.84. The minimum absolute atomic E-state index is 0.0959. The van der Waals surface area contributed by atoms with E-state index in [1.54, 1.807) is 0 Å². The van der Waals surface area contributed by atoms with Gasteiger partial charge in [0.05, 0.1) is 12.5 Å². The fourth-order valence-corrected chi connectivity index (χ4v) is 3.72. The van der Waals surface area contributed by atoms with Crippen LogP contribution in [-0.4, -0.2) is 16.7 Å². The Labute approximate surface area is 166 Å². The molecule has 1 heterocycles. The molecular weight excluding hydrogens is 354 g/mol. The highest BCUT2D eigenvalue weighted by Gasteiger charge is 2.37. The van der Waals surface area contributed by atoms with E-state index in [0.717, 1.165) is 40.0 Å². The van der Waals surface area contributed by atoms with Gasteiger partial charge in [-0.3, -0.25) is 4.79 Å². The van der Waals surface area contributed by atoms with Crippen molar-refractivity contribution in [2.75, 3.05) is 0 Å². The summed E-state index contributed by atoms with van der Waals surface area (Å²) in [6, 6.07) is 9.73.